The molecule has 1 aliphatic carbocycles. The first-order valence-electron chi connectivity index (χ1n) is 8.98. The van der Waals surface area contributed by atoms with Crippen LogP contribution in [0.15, 0.2) is 36.7 Å². The van der Waals surface area contributed by atoms with Crippen LogP contribution in [0.1, 0.15) is 31.2 Å². The molecule has 0 amide bonds. The molecule has 1 fully saturated rings. The van der Waals surface area contributed by atoms with Gasteiger partial charge in [-0.05, 0) is 50.3 Å². The summed E-state index contributed by atoms with van der Waals surface area (Å²) in [5.41, 5.74) is 8.65. The molecule has 0 radical (unpaired) electrons. The van der Waals surface area contributed by atoms with Gasteiger partial charge in [0, 0.05) is 30.5 Å². The lowest BCUT2D eigenvalue weighted by atomic mass is 9.92. The summed E-state index contributed by atoms with van der Waals surface area (Å²) in [5, 5.41) is 11.2. The number of rotatable bonds is 4. The normalized spacial score (nSPS) is 20.3. The monoisotopic (exact) mass is 354 g/mol. The number of nitrogens with zero attached hydrogens (tertiary/aromatic N) is 3. The van der Waals surface area contributed by atoms with Crippen molar-refractivity contribution in [3.05, 3.63) is 48.0 Å². The predicted octanol–water partition coefficient (Wildman–Crippen LogP) is 3.60. The van der Waals surface area contributed by atoms with Crippen molar-refractivity contribution in [3.63, 3.8) is 0 Å². The van der Waals surface area contributed by atoms with E-state index in [9.17, 15) is 4.39 Å². The highest BCUT2D eigenvalue weighted by molar-refractivity contribution is 5.76. The Hall–Kier alpha value is -2.67. The summed E-state index contributed by atoms with van der Waals surface area (Å²) in [6, 6.07) is 7.67. The van der Waals surface area contributed by atoms with E-state index in [2.05, 4.69) is 20.7 Å². The standard InChI is InChI=1S/C19H23FN6/c1-12-2-7-16(15(20)10-12)24-17-11-18(25-26-9-8-22-19(17)26)23-14-5-3-13(21)4-6-14/h2,7-11,13-14,24H,3-6,21H2,1H3,(H,23,25). The third kappa shape index (κ3) is 3.48. The fourth-order valence-corrected chi connectivity index (χ4v) is 3.42. The Bertz CT molecular complexity index is 914. The van der Waals surface area contributed by atoms with Gasteiger partial charge in [-0.15, -0.1) is 5.10 Å². The molecule has 2 heterocycles. The minimum absolute atomic E-state index is 0.290. The van der Waals surface area contributed by atoms with Crippen LogP contribution in [0.3, 0.4) is 0 Å². The molecule has 0 aliphatic heterocycles. The summed E-state index contributed by atoms with van der Waals surface area (Å²) in [6.45, 7) is 1.87. The van der Waals surface area contributed by atoms with Crippen LogP contribution in [0.5, 0.6) is 0 Å². The van der Waals surface area contributed by atoms with Gasteiger partial charge in [0.1, 0.15) is 11.6 Å². The maximum Gasteiger partial charge on any atom is 0.177 e. The summed E-state index contributed by atoms with van der Waals surface area (Å²) in [5.74, 6) is 0.452. The van der Waals surface area contributed by atoms with Gasteiger partial charge in [0.2, 0.25) is 0 Å². The molecule has 0 unspecified atom stereocenters. The molecule has 4 N–H and O–H groups in total. The highest BCUT2D eigenvalue weighted by Gasteiger charge is 2.19. The van der Waals surface area contributed by atoms with E-state index in [1.54, 1.807) is 23.0 Å². The van der Waals surface area contributed by atoms with Gasteiger partial charge >= 0.3 is 0 Å². The maximum atomic E-state index is 14.2. The number of nitrogens with one attached hydrogen (secondary N) is 2. The third-order valence-electron chi connectivity index (χ3n) is 4.88. The molecular weight excluding hydrogens is 331 g/mol. The molecule has 1 aliphatic rings. The highest BCUT2D eigenvalue weighted by Crippen LogP contribution is 2.27. The quantitative estimate of drug-likeness (QED) is 0.667. The maximum absolute atomic E-state index is 14.2. The zero-order chi connectivity index (χ0) is 18.1. The smallest absolute Gasteiger partial charge is 0.177 e. The van der Waals surface area contributed by atoms with Crippen molar-refractivity contribution in [2.45, 2.75) is 44.7 Å². The summed E-state index contributed by atoms with van der Waals surface area (Å²) >= 11 is 0. The first-order chi connectivity index (χ1) is 12.6. The zero-order valence-corrected chi connectivity index (χ0v) is 14.7. The number of benzene rings is 1. The summed E-state index contributed by atoms with van der Waals surface area (Å²) in [7, 11) is 0. The van der Waals surface area contributed by atoms with E-state index in [1.807, 2.05) is 19.1 Å². The number of aryl methyl sites for hydroxylation is 1. The second-order valence-electron chi connectivity index (χ2n) is 7.00. The number of imidazole rings is 1. The van der Waals surface area contributed by atoms with Crippen LogP contribution in [-0.4, -0.2) is 26.7 Å². The van der Waals surface area contributed by atoms with E-state index in [1.165, 1.54) is 6.07 Å². The molecule has 1 saturated carbocycles. The van der Waals surface area contributed by atoms with Gasteiger partial charge in [-0.3, -0.25) is 0 Å². The SMILES string of the molecule is Cc1ccc(Nc2cc(NC3CCC(N)CC3)nn3ccnc23)c(F)c1. The van der Waals surface area contributed by atoms with Gasteiger partial charge in [-0.1, -0.05) is 6.07 Å². The average Bonchev–Trinajstić information content (AvgIpc) is 3.08. The second-order valence-corrected chi connectivity index (χ2v) is 7.00. The van der Waals surface area contributed by atoms with Crippen LogP contribution in [0, 0.1) is 12.7 Å². The van der Waals surface area contributed by atoms with Gasteiger partial charge in [0.15, 0.2) is 5.65 Å². The molecule has 3 aromatic rings. The number of anilines is 3. The molecule has 0 bridgehead atoms. The molecular formula is C19H23FN6. The number of fused-ring (bicyclic) bond motifs is 1. The van der Waals surface area contributed by atoms with Crippen LogP contribution in [0.25, 0.3) is 5.65 Å². The van der Waals surface area contributed by atoms with Crippen molar-refractivity contribution in [2.75, 3.05) is 10.6 Å². The minimum Gasteiger partial charge on any atom is -0.366 e. The van der Waals surface area contributed by atoms with E-state index in [0.717, 1.165) is 37.1 Å². The van der Waals surface area contributed by atoms with Crippen molar-refractivity contribution >= 4 is 22.8 Å². The Kier molecular flexibility index (Phi) is 4.46. The molecule has 2 aromatic heterocycles. The van der Waals surface area contributed by atoms with Crippen molar-refractivity contribution < 1.29 is 4.39 Å². The Balaban J connectivity index is 1.62. The number of aromatic nitrogens is 3. The van der Waals surface area contributed by atoms with Crippen LogP contribution in [0.2, 0.25) is 0 Å². The van der Waals surface area contributed by atoms with E-state index < -0.39 is 0 Å². The molecule has 136 valence electrons. The second kappa shape index (κ2) is 6.92. The fourth-order valence-electron chi connectivity index (χ4n) is 3.42. The van der Waals surface area contributed by atoms with Crippen LogP contribution >= 0.6 is 0 Å². The van der Waals surface area contributed by atoms with Crippen molar-refractivity contribution in [3.8, 4) is 0 Å². The van der Waals surface area contributed by atoms with Gasteiger partial charge in [0.25, 0.3) is 0 Å². The fraction of sp³-hybridized carbons (Fsp3) is 0.368. The minimum atomic E-state index is -0.290. The Morgan fingerprint density at radius 2 is 1.96 bits per heavy atom. The zero-order valence-electron chi connectivity index (χ0n) is 14.7. The van der Waals surface area contributed by atoms with E-state index >= 15 is 0 Å². The highest BCUT2D eigenvalue weighted by atomic mass is 19.1. The Morgan fingerprint density at radius 3 is 2.73 bits per heavy atom. The first-order valence-corrected chi connectivity index (χ1v) is 8.98. The number of hydrogen-bond acceptors (Lipinski definition) is 5. The molecule has 26 heavy (non-hydrogen) atoms. The Labute approximate surface area is 151 Å². The van der Waals surface area contributed by atoms with Crippen molar-refractivity contribution in [2.24, 2.45) is 5.73 Å². The average molecular weight is 354 g/mol. The summed E-state index contributed by atoms with van der Waals surface area (Å²) < 4.78 is 15.9. The van der Waals surface area contributed by atoms with Gasteiger partial charge in [0.05, 0.1) is 11.4 Å². The van der Waals surface area contributed by atoms with Crippen LogP contribution < -0.4 is 16.4 Å². The van der Waals surface area contributed by atoms with E-state index in [0.29, 0.717) is 29.1 Å². The van der Waals surface area contributed by atoms with Crippen LogP contribution in [0.4, 0.5) is 21.6 Å². The van der Waals surface area contributed by atoms with Gasteiger partial charge in [-0.2, -0.15) is 0 Å². The molecule has 1 aromatic carbocycles. The topological polar surface area (TPSA) is 80.3 Å². The number of hydrogen-bond donors (Lipinski definition) is 3. The molecule has 0 atom stereocenters. The Morgan fingerprint density at radius 1 is 1.15 bits per heavy atom. The summed E-state index contributed by atoms with van der Waals surface area (Å²) in [6.07, 6.45) is 7.56. The van der Waals surface area contributed by atoms with Crippen molar-refractivity contribution in [1.82, 2.24) is 14.6 Å². The molecule has 6 nitrogen and oxygen atoms in total. The van der Waals surface area contributed by atoms with E-state index in [-0.39, 0.29) is 5.82 Å². The van der Waals surface area contributed by atoms with Gasteiger partial charge < -0.3 is 16.4 Å². The first kappa shape index (κ1) is 16.8. The lowest BCUT2D eigenvalue weighted by Crippen LogP contribution is -2.33. The number of nitrogens with two attached hydrogens (primary N) is 1. The largest absolute Gasteiger partial charge is 0.366 e. The van der Waals surface area contributed by atoms with Gasteiger partial charge in [-0.25, -0.2) is 13.9 Å². The molecule has 4 rings (SSSR count). The van der Waals surface area contributed by atoms with E-state index in [4.69, 9.17) is 5.73 Å². The molecule has 0 saturated heterocycles. The third-order valence-corrected chi connectivity index (χ3v) is 4.88. The molecule has 7 heteroatoms. The lowest BCUT2D eigenvalue weighted by molar-refractivity contribution is 0.410. The number of halogens is 1. The van der Waals surface area contributed by atoms with Crippen LogP contribution in [-0.2, 0) is 0 Å². The molecule has 0 spiro atoms. The summed E-state index contributed by atoms with van der Waals surface area (Å²) in [4.78, 5) is 4.33. The lowest BCUT2D eigenvalue weighted by Gasteiger charge is -2.27. The van der Waals surface area contributed by atoms with Crippen molar-refractivity contribution in [1.29, 1.82) is 0 Å². The predicted molar refractivity (Wildman–Crippen MR) is 101 cm³/mol.